The van der Waals surface area contributed by atoms with Crippen LogP contribution in [0.1, 0.15) is 18.0 Å². The van der Waals surface area contributed by atoms with Crippen molar-refractivity contribution in [3.05, 3.63) is 40.1 Å². The van der Waals surface area contributed by atoms with Gasteiger partial charge in [0, 0.05) is 0 Å². The van der Waals surface area contributed by atoms with Crippen molar-refractivity contribution in [1.29, 1.82) is 0 Å². The van der Waals surface area contributed by atoms with Crippen molar-refractivity contribution in [3.63, 3.8) is 0 Å². The first-order chi connectivity index (χ1) is 8.72. The molecule has 1 N–H and O–H groups in total. The Balaban J connectivity index is 2.30. The lowest BCUT2D eigenvalue weighted by atomic mass is 10.0. The molecule has 1 aromatic carbocycles. The first kappa shape index (κ1) is 13.3. The van der Waals surface area contributed by atoms with Crippen LogP contribution in [-0.4, -0.2) is 33.8 Å². The van der Waals surface area contributed by atoms with Crippen molar-refractivity contribution in [3.8, 4) is 0 Å². The first-order valence-electron chi connectivity index (χ1n) is 5.54. The van der Waals surface area contributed by atoms with Gasteiger partial charge in [0.25, 0.3) is 0 Å². The van der Waals surface area contributed by atoms with Gasteiger partial charge in [0.05, 0.1) is 16.1 Å². The zero-order valence-electron chi connectivity index (χ0n) is 9.85. The second kappa shape index (κ2) is 6.13. The SMILES string of the molecule is CNCCC(c1ccc(Cl)c(Cl)c1)n1ncnn1. The minimum Gasteiger partial charge on any atom is -0.320 e. The molecule has 0 aliphatic heterocycles. The van der Waals surface area contributed by atoms with E-state index in [-0.39, 0.29) is 6.04 Å². The van der Waals surface area contributed by atoms with Crippen molar-refractivity contribution >= 4 is 23.2 Å². The fourth-order valence-corrected chi connectivity index (χ4v) is 2.04. The smallest absolute Gasteiger partial charge is 0.162 e. The van der Waals surface area contributed by atoms with E-state index in [1.54, 1.807) is 10.9 Å². The normalized spacial score (nSPS) is 12.6. The quantitative estimate of drug-likeness (QED) is 0.915. The van der Waals surface area contributed by atoms with Gasteiger partial charge in [-0.1, -0.05) is 29.3 Å². The van der Waals surface area contributed by atoms with Crippen LogP contribution in [0.15, 0.2) is 24.5 Å². The molecule has 0 aliphatic carbocycles. The summed E-state index contributed by atoms with van der Waals surface area (Å²) in [5.41, 5.74) is 1.01. The molecule has 18 heavy (non-hydrogen) atoms. The summed E-state index contributed by atoms with van der Waals surface area (Å²) in [5.74, 6) is 0. The van der Waals surface area contributed by atoms with Gasteiger partial charge >= 0.3 is 0 Å². The van der Waals surface area contributed by atoms with Gasteiger partial charge in [-0.3, -0.25) is 0 Å². The van der Waals surface area contributed by atoms with Gasteiger partial charge in [-0.25, -0.2) is 0 Å². The molecule has 2 rings (SSSR count). The van der Waals surface area contributed by atoms with E-state index in [9.17, 15) is 0 Å². The molecule has 0 amide bonds. The van der Waals surface area contributed by atoms with Crippen molar-refractivity contribution in [2.24, 2.45) is 0 Å². The molecule has 0 saturated heterocycles. The van der Waals surface area contributed by atoms with E-state index in [1.165, 1.54) is 6.33 Å². The summed E-state index contributed by atoms with van der Waals surface area (Å²) >= 11 is 12.0. The largest absolute Gasteiger partial charge is 0.320 e. The van der Waals surface area contributed by atoms with Gasteiger partial charge in [-0.2, -0.15) is 4.80 Å². The summed E-state index contributed by atoms with van der Waals surface area (Å²) in [5, 5.41) is 16.0. The van der Waals surface area contributed by atoms with Crippen LogP contribution in [0.3, 0.4) is 0 Å². The number of hydrogen-bond acceptors (Lipinski definition) is 4. The Morgan fingerprint density at radius 1 is 1.33 bits per heavy atom. The van der Waals surface area contributed by atoms with Gasteiger partial charge in [0.15, 0.2) is 6.33 Å². The molecule has 0 bridgehead atoms. The molecule has 0 aliphatic rings. The van der Waals surface area contributed by atoms with Gasteiger partial charge in [-0.15, -0.1) is 10.2 Å². The third-order valence-corrected chi connectivity index (χ3v) is 3.38. The number of rotatable bonds is 5. The van der Waals surface area contributed by atoms with Crippen LogP contribution >= 0.6 is 23.2 Å². The number of nitrogens with one attached hydrogen (secondary N) is 1. The van der Waals surface area contributed by atoms with E-state index >= 15 is 0 Å². The predicted molar refractivity (Wildman–Crippen MR) is 71.0 cm³/mol. The van der Waals surface area contributed by atoms with Crippen LogP contribution < -0.4 is 5.32 Å². The Morgan fingerprint density at radius 3 is 2.78 bits per heavy atom. The molecular weight excluding hydrogens is 273 g/mol. The third-order valence-electron chi connectivity index (χ3n) is 2.64. The highest BCUT2D eigenvalue weighted by Crippen LogP contribution is 2.28. The fourth-order valence-electron chi connectivity index (χ4n) is 1.73. The molecular formula is C11H13Cl2N5. The first-order valence-corrected chi connectivity index (χ1v) is 6.30. The third kappa shape index (κ3) is 2.98. The van der Waals surface area contributed by atoms with Crippen LogP contribution in [0.25, 0.3) is 0 Å². The van der Waals surface area contributed by atoms with Gasteiger partial charge in [-0.05, 0) is 42.9 Å². The maximum absolute atomic E-state index is 6.04. The number of nitrogens with zero attached hydrogens (tertiary/aromatic N) is 4. The molecule has 1 heterocycles. The van der Waals surface area contributed by atoms with E-state index in [0.717, 1.165) is 18.5 Å². The highest BCUT2D eigenvalue weighted by Gasteiger charge is 2.16. The summed E-state index contributed by atoms with van der Waals surface area (Å²) in [6.45, 7) is 0.840. The lowest BCUT2D eigenvalue weighted by Crippen LogP contribution is -2.19. The summed E-state index contributed by atoms with van der Waals surface area (Å²) in [6.07, 6.45) is 2.26. The highest BCUT2D eigenvalue weighted by atomic mass is 35.5. The topological polar surface area (TPSA) is 55.6 Å². The maximum atomic E-state index is 6.04. The Kier molecular flexibility index (Phi) is 4.52. The van der Waals surface area contributed by atoms with Gasteiger partial charge in [0.2, 0.25) is 0 Å². The van der Waals surface area contributed by atoms with Gasteiger partial charge < -0.3 is 5.32 Å². The lowest BCUT2D eigenvalue weighted by molar-refractivity contribution is 0.422. The Bertz CT molecular complexity index is 500. The Morgan fingerprint density at radius 2 is 2.17 bits per heavy atom. The second-order valence-electron chi connectivity index (χ2n) is 3.84. The number of tetrazole rings is 1. The average molecular weight is 286 g/mol. The standard InChI is InChI=1S/C11H13Cl2N5/c1-14-5-4-11(18-16-7-15-17-18)8-2-3-9(12)10(13)6-8/h2-3,6-7,11,14H,4-5H2,1H3. The molecule has 5 nitrogen and oxygen atoms in total. The van der Waals surface area contributed by atoms with Crippen LogP contribution in [-0.2, 0) is 0 Å². The minimum absolute atomic E-state index is 0.00489. The molecule has 2 aromatic rings. The van der Waals surface area contributed by atoms with E-state index in [0.29, 0.717) is 10.0 Å². The Labute approximate surface area is 115 Å². The number of aromatic nitrogens is 4. The van der Waals surface area contributed by atoms with Crippen LogP contribution in [0.5, 0.6) is 0 Å². The molecule has 0 radical (unpaired) electrons. The summed E-state index contributed by atoms with van der Waals surface area (Å²) < 4.78 is 0. The van der Waals surface area contributed by atoms with Crippen LogP contribution in [0, 0.1) is 0 Å². The fraction of sp³-hybridized carbons (Fsp3) is 0.364. The van der Waals surface area contributed by atoms with Crippen molar-refractivity contribution in [1.82, 2.24) is 25.5 Å². The molecule has 0 fully saturated rings. The van der Waals surface area contributed by atoms with E-state index < -0.39 is 0 Å². The van der Waals surface area contributed by atoms with Crippen molar-refractivity contribution in [2.45, 2.75) is 12.5 Å². The summed E-state index contributed by atoms with van der Waals surface area (Å²) in [7, 11) is 1.90. The number of hydrogen-bond donors (Lipinski definition) is 1. The average Bonchev–Trinajstić information content (AvgIpc) is 2.88. The van der Waals surface area contributed by atoms with E-state index in [4.69, 9.17) is 23.2 Å². The van der Waals surface area contributed by atoms with Crippen molar-refractivity contribution in [2.75, 3.05) is 13.6 Å². The molecule has 1 unspecified atom stereocenters. The summed E-state index contributed by atoms with van der Waals surface area (Å²) in [4.78, 5) is 1.58. The molecule has 0 spiro atoms. The monoisotopic (exact) mass is 285 g/mol. The lowest BCUT2D eigenvalue weighted by Gasteiger charge is -2.16. The number of halogens is 2. The second-order valence-corrected chi connectivity index (χ2v) is 4.65. The summed E-state index contributed by atoms with van der Waals surface area (Å²) in [6, 6.07) is 5.54. The van der Waals surface area contributed by atoms with E-state index in [2.05, 4.69) is 20.7 Å². The van der Waals surface area contributed by atoms with E-state index in [1.807, 2.05) is 19.2 Å². The zero-order chi connectivity index (χ0) is 13.0. The van der Waals surface area contributed by atoms with Gasteiger partial charge in [0.1, 0.15) is 0 Å². The molecule has 96 valence electrons. The molecule has 0 saturated carbocycles. The van der Waals surface area contributed by atoms with Crippen LogP contribution in [0.2, 0.25) is 10.0 Å². The highest BCUT2D eigenvalue weighted by molar-refractivity contribution is 6.42. The Hall–Kier alpha value is -1.17. The zero-order valence-corrected chi connectivity index (χ0v) is 11.4. The molecule has 7 heteroatoms. The molecule has 1 aromatic heterocycles. The minimum atomic E-state index is -0.00489. The van der Waals surface area contributed by atoms with Crippen LogP contribution in [0.4, 0.5) is 0 Å². The molecule has 1 atom stereocenters. The maximum Gasteiger partial charge on any atom is 0.162 e. The van der Waals surface area contributed by atoms with Crippen molar-refractivity contribution < 1.29 is 0 Å². The predicted octanol–water partition coefficient (Wildman–Crippen LogP) is 2.18. The number of benzene rings is 1.